The van der Waals surface area contributed by atoms with Crippen molar-refractivity contribution in [1.29, 1.82) is 0 Å². The molecule has 0 atom stereocenters. The molecule has 1 fully saturated rings. The molecular formula is C33H33FeIN2O2. The predicted molar refractivity (Wildman–Crippen MR) is 146 cm³/mol. The van der Waals surface area contributed by atoms with E-state index in [1.807, 2.05) is 30.3 Å². The SMILES string of the molecule is Cc1cc(C)c(CN2[C]N(C(c3ccccc3)c3ccccc3)CC2)c(C)c1.[C-]#[O+].[C-]#[O+].[Fe+2].[I-].c1cc[cH-]c1. The Morgan fingerprint density at radius 3 is 1.64 bits per heavy atom. The summed E-state index contributed by atoms with van der Waals surface area (Å²) in [5, 5.41) is 0. The van der Waals surface area contributed by atoms with Crippen molar-refractivity contribution in [3.8, 4) is 0 Å². The minimum absolute atomic E-state index is 0. The minimum Gasteiger partial charge on any atom is -1.00 e. The van der Waals surface area contributed by atoms with E-state index in [4.69, 9.17) is 9.30 Å². The summed E-state index contributed by atoms with van der Waals surface area (Å²) < 4.78 is 15.0. The van der Waals surface area contributed by atoms with Gasteiger partial charge in [-0.3, -0.25) is 9.80 Å². The number of nitrogens with zero attached hydrogens (tertiary/aromatic N) is 2. The molecule has 39 heavy (non-hydrogen) atoms. The zero-order valence-corrected chi connectivity index (χ0v) is 25.7. The van der Waals surface area contributed by atoms with Crippen LogP contribution in [0.25, 0.3) is 0 Å². The Bertz CT molecular complexity index is 1130. The molecule has 0 amide bonds. The Labute approximate surface area is 261 Å². The Morgan fingerprint density at radius 2 is 1.23 bits per heavy atom. The van der Waals surface area contributed by atoms with E-state index in [2.05, 4.69) is 123 Å². The van der Waals surface area contributed by atoms with Crippen LogP contribution in [0, 0.1) is 40.7 Å². The largest absolute Gasteiger partial charge is 2.00 e. The maximum atomic E-state index is 7.50. The Kier molecular flexibility index (Phi) is 19.3. The Balaban J connectivity index is 0.00000115. The van der Waals surface area contributed by atoms with Crippen LogP contribution >= 0.6 is 0 Å². The number of halogens is 1. The zero-order chi connectivity index (χ0) is 27.0. The van der Waals surface area contributed by atoms with Gasteiger partial charge in [0.2, 0.25) is 0 Å². The molecule has 1 aliphatic heterocycles. The maximum Gasteiger partial charge on any atom is 2.00 e. The molecule has 0 bridgehead atoms. The van der Waals surface area contributed by atoms with E-state index in [0.29, 0.717) is 0 Å². The van der Waals surface area contributed by atoms with E-state index < -0.39 is 0 Å². The fraction of sp³-hybridized carbons (Fsp3) is 0.212. The van der Waals surface area contributed by atoms with Crippen LogP contribution in [0.1, 0.15) is 39.4 Å². The zero-order valence-electron chi connectivity index (χ0n) is 22.5. The van der Waals surface area contributed by atoms with Crippen molar-refractivity contribution in [2.75, 3.05) is 13.1 Å². The van der Waals surface area contributed by atoms with Crippen molar-refractivity contribution in [3.05, 3.63) is 156 Å². The van der Waals surface area contributed by atoms with E-state index in [0.717, 1.165) is 19.6 Å². The van der Waals surface area contributed by atoms with Crippen LogP contribution in [0.4, 0.5) is 0 Å². The van der Waals surface area contributed by atoms with Gasteiger partial charge in [-0.25, -0.2) is 12.1 Å². The Morgan fingerprint density at radius 1 is 0.769 bits per heavy atom. The van der Waals surface area contributed by atoms with E-state index in [1.54, 1.807) is 0 Å². The summed E-state index contributed by atoms with van der Waals surface area (Å²) >= 11 is 0. The van der Waals surface area contributed by atoms with Gasteiger partial charge in [-0.05, 0) is 48.6 Å². The normalized spacial score (nSPS) is 12.2. The van der Waals surface area contributed by atoms with Gasteiger partial charge in [-0.1, -0.05) is 78.4 Å². The van der Waals surface area contributed by atoms with Gasteiger partial charge in [0.15, 0.2) is 0 Å². The second kappa shape index (κ2) is 20.5. The summed E-state index contributed by atoms with van der Waals surface area (Å²) in [4.78, 5) is 4.70. The monoisotopic (exact) mass is 672 g/mol. The summed E-state index contributed by atoms with van der Waals surface area (Å²) in [6.45, 7) is 22.2. The second-order valence-electron chi connectivity index (χ2n) is 8.78. The molecular weight excluding hydrogens is 639 g/mol. The van der Waals surface area contributed by atoms with Gasteiger partial charge in [0.1, 0.15) is 6.67 Å². The van der Waals surface area contributed by atoms with Gasteiger partial charge in [0, 0.05) is 19.6 Å². The molecule has 0 N–H and O–H groups in total. The summed E-state index contributed by atoms with van der Waals surface area (Å²) in [5.41, 5.74) is 8.14. The van der Waals surface area contributed by atoms with Crippen molar-refractivity contribution in [1.82, 2.24) is 9.80 Å². The number of benzene rings is 3. The number of hydrogen-bond acceptors (Lipinski definition) is 2. The molecule has 0 aromatic heterocycles. The van der Waals surface area contributed by atoms with E-state index >= 15 is 0 Å². The van der Waals surface area contributed by atoms with Gasteiger partial charge in [0.25, 0.3) is 0 Å². The molecule has 0 aliphatic carbocycles. The van der Waals surface area contributed by atoms with Crippen molar-refractivity contribution >= 4 is 0 Å². The van der Waals surface area contributed by atoms with Crippen molar-refractivity contribution < 1.29 is 50.3 Å². The van der Waals surface area contributed by atoms with Gasteiger partial charge in [-0.15, -0.1) is 0 Å². The average molecular weight is 672 g/mol. The van der Waals surface area contributed by atoms with Crippen molar-refractivity contribution in [2.24, 2.45) is 0 Å². The van der Waals surface area contributed by atoms with Crippen LogP contribution in [0.2, 0.25) is 0 Å². The van der Waals surface area contributed by atoms with Crippen molar-refractivity contribution in [3.63, 3.8) is 0 Å². The number of rotatable bonds is 5. The van der Waals surface area contributed by atoms with Crippen LogP contribution in [-0.4, -0.2) is 22.9 Å². The molecule has 6 heteroatoms. The van der Waals surface area contributed by atoms with E-state index in [-0.39, 0.29) is 47.1 Å². The molecule has 0 unspecified atom stereocenters. The fourth-order valence-electron chi connectivity index (χ4n) is 4.61. The summed E-state index contributed by atoms with van der Waals surface area (Å²) in [5.74, 6) is 0. The first-order valence-corrected chi connectivity index (χ1v) is 12.1. The minimum atomic E-state index is 0. The first-order chi connectivity index (χ1) is 18.1. The molecule has 4 nitrogen and oxygen atoms in total. The van der Waals surface area contributed by atoms with Gasteiger partial charge in [-0.2, -0.15) is 18.2 Å². The molecule has 5 rings (SSSR count). The van der Waals surface area contributed by atoms with Gasteiger partial charge < -0.3 is 24.0 Å². The molecule has 0 saturated carbocycles. The van der Waals surface area contributed by atoms with E-state index in [9.17, 15) is 0 Å². The van der Waals surface area contributed by atoms with Crippen LogP contribution in [0.15, 0.2) is 103 Å². The third-order valence-electron chi connectivity index (χ3n) is 6.17. The third-order valence-corrected chi connectivity index (χ3v) is 6.17. The van der Waals surface area contributed by atoms with Gasteiger partial charge >= 0.3 is 39.7 Å². The Hall–Kier alpha value is -2.34. The fourth-order valence-corrected chi connectivity index (χ4v) is 4.61. The molecule has 4 aromatic rings. The standard InChI is InChI=1S/C26H28N2.C5H5.2CO.Fe.HI/c1-20-16-21(2)25(22(3)17-20)18-27-14-15-28(19-27)26(23-10-6-4-7-11-23)24-12-8-5-9-13-24;1-2-4-5-3-1;2*1-2;;/h4-13,16-17,26H,14-15,18H2,1-3H3;1-5H;;;;1H/q;-1;;;+2;/p-1. The number of aryl methyl sites for hydroxylation is 3. The average Bonchev–Trinajstić information content (AvgIpc) is 3.66. The number of hydrogen-bond donors (Lipinski definition) is 0. The van der Waals surface area contributed by atoms with Crippen LogP contribution in [0.3, 0.4) is 0 Å². The first-order valence-electron chi connectivity index (χ1n) is 12.1. The third kappa shape index (κ3) is 11.4. The molecule has 0 spiro atoms. The molecule has 2 radical (unpaired) electrons. The quantitative estimate of drug-likeness (QED) is 0.140. The molecule has 1 saturated heterocycles. The summed E-state index contributed by atoms with van der Waals surface area (Å²) in [6, 6.07) is 36.3. The van der Waals surface area contributed by atoms with Crippen LogP contribution in [-0.2, 0) is 32.9 Å². The topological polar surface area (TPSA) is 46.3 Å². The molecule has 4 aromatic carbocycles. The van der Waals surface area contributed by atoms with Crippen LogP contribution in [0.5, 0.6) is 0 Å². The molecule has 202 valence electrons. The van der Waals surface area contributed by atoms with Crippen molar-refractivity contribution in [2.45, 2.75) is 33.4 Å². The molecule has 1 heterocycles. The van der Waals surface area contributed by atoms with Crippen LogP contribution < -0.4 is 24.0 Å². The maximum absolute atomic E-state index is 7.50. The van der Waals surface area contributed by atoms with Gasteiger partial charge in [0.05, 0.1) is 6.04 Å². The predicted octanol–water partition coefficient (Wildman–Crippen LogP) is 3.85. The smallest absolute Gasteiger partial charge is 1.00 e. The van der Waals surface area contributed by atoms with E-state index in [1.165, 1.54) is 33.4 Å². The summed E-state index contributed by atoms with van der Waals surface area (Å²) in [6.07, 6.45) is 0. The molecule has 1 aliphatic rings. The first kappa shape index (κ1) is 36.7. The summed E-state index contributed by atoms with van der Waals surface area (Å²) in [7, 11) is 0. The second-order valence-corrected chi connectivity index (χ2v) is 8.78.